The van der Waals surface area contributed by atoms with Gasteiger partial charge in [-0.25, -0.2) is 4.98 Å². The van der Waals surface area contributed by atoms with Gasteiger partial charge in [-0.05, 0) is 24.3 Å². The van der Waals surface area contributed by atoms with Crippen LogP contribution >= 0.6 is 0 Å². The summed E-state index contributed by atoms with van der Waals surface area (Å²) in [5, 5.41) is 3.89. The van der Waals surface area contributed by atoms with Crippen LogP contribution in [0.1, 0.15) is 0 Å². The molecule has 3 heterocycles. The van der Waals surface area contributed by atoms with Crippen LogP contribution in [0.4, 0.5) is 5.82 Å². The van der Waals surface area contributed by atoms with Crippen LogP contribution in [0.5, 0.6) is 0 Å². The molecule has 0 fully saturated rings. The van der Waals surface area contributed by atoms with Crippen LogP contribution in [-0.2, 0) is 0 Å². The van der Waals surface area contributed by atoms with Crippen molar-refractivity contribution in [3.05, 3.63) is 42.7 Å². The minimum absolute atomic E-state index is 0.334. The number of hydrogen-bond acceptors (Lipinski definition) is 6. The molecule has 6 nitrogen and oxygen atoms in total. The average Bonchev–Trinajstić information content (AvgIpc) is 2.89. The van der Waals surface area contributed by atoms with E-state index in [0.717, 1.165) is 5.56 Å². The van der Waals surface area contributed by atoms with Crippen molar-refractivity contribution in [2.24, 2.45) is 0 Å². The Balaban J connectivity index is 2.00. The van der Waals surface area contributed by atoms with Crippen molar-refractivity contribution in [2.75, 3.05) is 5.73 Å². The van der Waals surface area contributed by atoms with Crippen LogP contribution in [0.3, 0.4) is 0 Å². The van der Waals surface area contributed by atoms with E-state index in [0.29, 0.717) is 23.2 Å². The summed E-state index contributed by atoms with van der Waals surface area (Å²) in [6.45, 7) is 0. The number of hydrogen-bond donors (Lipinski definition) is 1. The zero-order valence-electron chi connectivity index (χ0n) is 9.32. The van der Waals surface area contributed by atoms with E-state index in [2.05, 4.69) is 20.1 Å². The SMILES string of the molecule is Nc1cccc(-c2nc(-c3cccnc3)no2)n1. The van der Waals surface area contributed by atoms with Crippen molar-refractivity contribution in [3.63, 3.8) is 0 Å². The highest BCUT2D eigenvalue weighted by Gasteiger charge is 2.11. The molecule has 0 saturated carbocycles. The molecule has 0 atom stereocenters. The number of nitrogens with zero attached hydrogens (tertiary/aromatic N) is 4. The molecule has 0 aliphatic carbocycles. The lowest BCUT2D eigenvalue weighted by Gasteiger charge is -1.94. The molecule has 0 aliphatic rings. The first-order chi connectivity index (χ1) is 8.83. The van der Waals surface area contributed by atoms with Crippen LogP contribution in [0.15, 0.2) is 47.2 Å². The van der Waals surface area contributed by atoms with Gasteiger partial charge in [0.15, 0.2) is 0 Å². The molecule has 18 heavy (non-hydrogen) atoms. The van der Waals surface area contributed by atoms with Crippen molar-refractivity contribution in [1.29, 1.82) is 0 Å². The number of anilines is 1. The van der Waals surface area contributed by atoms with Gasteiger partial charge in [-0.2, -0.15) is 4.98 Å². The molecule has 0 aliphatic heterocycles. The van der Waals surface area contributed by atoms with Gasteiger partial charge in [0, 0.05) is 18.0 Å². The van der Waals surface area contributed by atoms with E-state index < -0.39 is 0 Å². The van der Waals surface area contributed by atoms with Crippen molar-refractivity contribution >= 4 is 5.82 Å². The van der Waals surface area contributed by atoms with Crippen LogP contribution in [0.2, 0.25) is 0 Å². The molecule has 0 radical (unpaired) electrons. The molecule has 0 bridgehead atoms. The molecule has 0 spiro atoms. The molecule has 6 heteroatoms. The summed E-state index contributed by atoms with van der Waals surface area (Å²) in [6, 6.07) is 8.91. The average molecular weight is 239 g/mol. The Kier molecular flexibility index (Phi) is 2.45. The first-order valence-electron chi connectivity index (χ1n) is 5.30. The molecule has 0 unspecified atom stereocenters. The van der Waals surface area contributed by atoms with E-state index in [1.807, 2.05) is 12.1 Å². The second-order valence-electron chi connectivity index (χ2n) is 3.61. The highest BCUT2D eigenvalue weighted by molar-refractivity contribution is 5.57. The molecule has 0 saturated heterocycles. The summed E-state index contributed by atoms with van der Waals surface area (Å²) in [5.41, 5.74) is 6.94. The standard InChI is InChI=1S/C12H9N5O/c13-10-5-1-4-9(15-10)12-16-11(17-18-12)8-3-2-6-14-7-8/h1-7H,(H2,13,15). The molecule has 3 aromatic heterocycles. The highest BCUT2D eigenvalue weighted by atomic mass is 16.5. The summed E-state index contributed by atoms with van der Waals surface area (Å²) in [4.78, 5) is 12.4. The van der Waals surface area contributed by atoms with Crippen LogP contribution < -0.4 is 5.73 Å². The maximum absolute atomic E-state index is 5.60. The Bertz CT molecular complexity index is 665. The van der Waals surface area contributed by atoms with Gasteiger partial charge in [-0.15, -0.1) is 0 Å². The molecule has 3 rings (SSSR count). The first-order valence-corrected chi connectivity index (χ1v) is 5.30. The summed E-state index contributed by atoms with van der Waals surface area (Å²) in [7, 11) is 0. The van der Waals surface area contributed by atoms with Crippen molar-refractivity contribution in [3.8, 4) is 23.0 Å². The molecule has 0 aromatic carbocycles. The lowest BCUT2D eigenvalue weighted by atomic mass is 10.3. The van der Waals surface area contributed by atoms with Gasteiger partial charge in [0.2, 0.25) is 5.82 Å². The Morgan fingerprint density at radius 1 is 1.06 bits per heavy atom. The third-order valence-corrected chi connectivity index (χ3v) is 2.34. The van der Waals surface area contributed by atoms with Gasteiger partial charge >= 0.3 is 0 Å². The molecule has 88 valence electrons. The van der Waals surface area contributed by atoms with Gasteiger partial charge in [-0.3, -0.25) is 4.98 Å². The largest absolute Gasteiger partial charge is 0.384 e. The van der Waals surface area contributed by atoms with E-state index >= 15 is 0 Å². The molecule has 0 amide bonds. The monoisotopic (exact) mass is 239 g/mol. The molecule has 2 N–H and O–H groups in total. The summed E-state index contributed by atoms with van der Waals surface area (Å²) in [5.74, 6) is 1.22. The summed E-state index contributed by atoms with van der Waals surface area (Å²) < 4.78 is 5.15. The van der Waals surface area contributed by atoms with Crippen molar-refractivity contribution in [1.82, 2.24) is 20.1 Å². The van der Waals surface area contributed by atoms with Gasteiger partial charge in [0.05, 0.1) is 0 Å². The quantitative estimate of drug-likeness (QED) is 0.732. The fourth-order valence-corrected chi connectivity index (χ4v) is 1.51. The van der Waals surface area contributed by atoms with E-state index in [1.54, 1.807) is 30.6 Å². The Hall–Kier alpha value is -2.76. The Morgan fingerprint density at radius 2 is 2.00 bits per heavy atom. The number of rotatable bonds is 2. The second-order valence-corrected chi connectivity index (χ2v) is 3.61. The Labute approximate surface area is 103 Å². The predicted molar refractivity (Wildman–Crippen MR) is 65.2 cm³/mol. The fraction of sp³-hybridized carbons (Fsp3) is 0. The van der Waals surface area contributed by atoms with Gasteiger partial charge in [-0.1, -0.05) is 11.2 Å². The third-order valence-electron chi connectivity index (χ3n) is 2.34. The zero-order valence-corrected chi connectivity index (χ0v) is 9.32. The van der Waals surface area contributed by atoms with Crippen LogP contribution in [-0.4, -0.2) is 20.1 Å². The fourth-order valence-electron chi connectivity index (χ4n) is 1.51. The van der Waals surface area contributed by atoms with Crippen molar-refractivity contribution < 1.29 is 4.52 Å². The number of nitrogens with two attached hydrogens (primary N) is 1. The van der Waals surface area contributed by atoms with Gasteiger partial charge < -0.3 is 10.3 Å². The van der Waals surface area contributed by atoms with Gasteiger partial charge in [0.25, 0.3) is 5.89 Å². The topological polar surface area (TPSA) is 90.7 Å². The highest BCUT2D eigenvalue weighted by Crippen LogP contribution is 2.20. The number of pyridine rings is 2. The normalized spacial score (nSPS) is 10.4. The first kappa shape index (κ1) is 10.4. The third kappa shape index (κ3) is 1.91. The van der Waals surface area contributed by atoms with Crippen LogP contribution in [0.25, 0.3) is 23.0 Å². The van der Waals surface area contributed by atoms with E-state index in [-0.39, 0.29) is 0 Å². The van der Waals surface area contributed by atoms with Crippen LogP contribution in [0, 0.1) is 0 Å². The summed E-state index contributed by atoms with van der Waals surface area (Å²) >= 11 is 0. The smallest absolute Gasteiger partial charge is 0.276 e. The lowest BCUT2D eigenvalue weighted by Crippen LogP contribution is -1.91. The van der Waals surface area contributed by atoms with Crippen molar-refractivity contribution in [2.45, 2.75) is 0 Å². The molecular weight excluding hydrogens is 230 g/mol. The minimum Gasteiger partial charge on any atom is -0.384 e. The van der Waals surface area contributed by atoms with Gasteiger partial charge in [0.1, 0.15) is 11.5 Å². The molecular formula is C12H9N5O. The number of aromatic nitrogens is 4. The number of nitrogen functional groups attached to an aromatic ring is 1. The Morgan fingerprint density at radius 3 is 2.78 bits per heavy atom. The van der Waals surface area contributed by atoms with E-state index in [4.69, 9.17) is 10.3 Å². The molecule has 3 aromatic rings. The minimum atomic E-state index is 0.334. The van der Waals surface area contributed by atoms with E-state index in [9.17, 15) is 0 Å². The maximum Gasteiger partial charge on any atom is 0.276 e. The van der Waals surface area contributed by atoms with E-state index in [1.165, 1.54) is 0 Å². The predicted octanol–water partition coefficient (Wildman–Crippen LogP) is 1.78. The lowest BCUT2D eigenvalue weighted by molar-refractivity contribution is 0.431. The zero-order chi connectivity index (χ0) is 12.4. The second kappa shape index (κ2) is 4.25. The summed E-state index contributed by atoms with van der Waals surface area (Å²) in [6.07, 6.45) is 3.35. The maximum atomic E-state index is 5.60.